The molecule has 1 heterocycles. The first-order valence-electron chi connectivity index (χ1n) is 9.54. The van der Waals surface area contributed by atoms with Crippen LogP contribution in [0.15, 0.2) is 71.5 Å². The summed E-state index contributed by atoms with van der Waals surface area (Å²) in [5, 5.41) is 9.27. The Morgan fingerprint density at radius 2 is 1.73 bits per heavy atom. The lowest BCUT2D eigenvalue weighted by atomic mass is 10.00. The van der Waals surface area contributed by atoms with Crippen LogP contribution in [0, 0.1) is 6.92 Å². The number of fused-ring (bicyclic) bond motifs is 1. The van der Waals surface area contributed by atoms with E-state index in [1.807, 2.05) is 49.4 Å². The molecule has 1 amide bonds. The molecule has 3 aromatic carbocycles. The maximum atomic E-state index is 12.5. The highest BCUT2D eigenvalue weighted by molar-refractivity contribution is 6.33. The van der Waals surface area contributed by atoms with Crippen LogP contribution >= 0.6 is 11.6 Å². The number of halogens is 1. The van der Waals surface area contributed by atoms with Gasteiger partial charge in [-0.1, -0.05) is 54.1 Å². The zero-order valence-corrected chi connectivity index (χ0v) is 17.4. The summed E-state index contributed by atoms with van der Waals surface area (Å²) in [6.07, 6.45) is 0. The Kier molecular flexibility index (Phi) is 5.38. The smallest absolute Gasteiger partial charge is 0.274 e. The van der Waals surface area contributed by atoms with Gasteiger partial charge >= 0.3 is 0 Å². The highest BCUT2D eigenvalue weighted by Gasteiger charge is 2.13. The van der Waals surface area contributed by atoms with Crippen molar-refractivity contribution < 1.29 is 4.79 Å². The van der Waals surface area contributed by atoms with Crippen LogP contribution in [-0.2, 0) is 13.6 Å². The Hall–Kier alpha value is -3.44. The van der Waals surface area contributed by atoms with Crippen molar-refractivity contribution in [2.75, 3.05) is 0 Å². The average Bonchev–Trinajstić information content (AvgIpc) is 2.76. The van der Waals surface area contributed by atoms with Gasteiger partial charge in [0.15, 0.2) is 0 Å². The molecule has 0 aliphatic rings. The molecule has 0 spiro atoms. The van der Waals surface area contributed by atoms with Crippen LogP contribution in [-0.4, -0.2) is 15.7 Å². The van der Waals surface area contributed by atoms with Gasteiger partial charge in [0, 0.05) is 24.5 Å². The van der Waals surface area contributed by atoms with Crippen molar-refractivity contribution in [2.45, 2.75) is 13.5 Å². The van der Waals surface area contributed by atoms with Crippen LogP contribution in [0.5, 0.6) is 0 Å². The lowest BCUT2D eigenvalue weighted by Crippen LogP contribution is -2.23. The molecule has 0 bridgehead atoms. The van der Waals surface area contributed by atoms with Crippen LogP contribution in [0.25, 0.3) is 22.0 Å². The lowest BCUT2D eigenvalue weighted by Gasteiger charge is -2.13. The molecule has 0 saturated heterocycles. The molecule has 1 aromatic heterocycles. The summed E-state index contributed by atoms with van der Waals surface area (Å²) in [7, 11) is 1.65. The van der Waals surface area contributed by atoms with Crippen molar-refractivity contribution in [2.24, 2.45) is 7.05 Å². The summed E-state index contributed by atoms with van der Waals surface area (Å²) >= 11 is 6.12. The minimum Gasteiger partial charge on any atom is -0.348 e. The van der Waals surface area contributed by atoms with Gasteiger partial charge in [-0.15, -0.1) is 0 Å². The van der Waals surface area contributed by atoms with Crippen molar-refractivity contribution in [3.8, 4) is 11.3 Å². The van der Waals surface area contributed by atoms with Crippen LogP contribution in [0.2, 0.25) is 5.02 Å². The topological polar surface area (TPSA) is 64.0 Å². The van der Waals surface area contributed by atoms with Crippen molar-refractivity contribution in [3.05, 3.63) is 98.8 Å². The second-order valence-corrected chi connectivity index (χ2v) is 7.53. The third-order valence-electron chi connectivity index (χ3n) is 5.14. The first-order valence-corrected chi connectivity index (χ1v) is 9.92. The van der Waals surface area contributed by atoms with E-state index in [4.69, 9.17) is 11.6 Å². The van der Waals surface area contributed by atoms with E-state index in [9.17, 15) is 9.59 Å². The zero-order chi connectivity index (χ0) is 21.3. The van der Waals surface area contributed by atoms with Gasteiger partial charge in [0.1, 0.15) is 0 Å². The molecule has 30 heavy (non-hydrogen) atoms. The maximum Gasteiger partial charge on any atom is 0.274 e. The summed E-state index contributed by atoms with van der Waals surface area (Å²) in [6.45, 7) is 2.35. The zero-order valence-electron chi connectivity index (χ0n) is 16.6. The number of benzene rings is 3. The lowest BCUT2D eigenvalue weighted by molar-refractivity contribution is 0.0951. The number of aromatic nitrogens is 2. The fourth-order valence-electron chi connectivity index (χ4n) is 3.44. The summed E-state index contributed by atoms with van der Waals surface area (Å²) < 4.78 is 1.36. The summed E-state index contributed by atoms with van der Waals surface area (Å²) in [5.41, 5.74) is 3.94. The van der Waals surface area contributed by atoms with E-state index in [1.54, 1.807) is 31.3 Å². The first-order chi connectivity index (χ1) is 14.5. The second kappa shape index (κ2) is 8.13. The van der Waals surface area contributed by atoms with E-state index in [-0.39, 0.29) is 11.5 Å². The molecule has 0 fully saturated rings. The van der Waals surface area contributed by atoms with E-state index in [0.717, 1.165) is 27.8 Å². The van der Waals surface area contributed by atoms with Crippen molar-refractivity contribution in [1.29, 1.82) is 0 Å². The molecule has 150 valence electrons. The second-order valence-electron chi connectivity index (χ2n) is 7.13. The Morgan fingerprint density at radius 3 is 2.50 bits per heavy atom. The van der Waals surface area contributed by atoms with Gasteiger partial charge < -0.3 is 5.32 Å². The third-order valence-corrected chi connectivity index (χ3v) is 5.47. The van der Waals surface area contributed by atoms with Gasteiger partial charge in [-0.05, 0) is 42.3 Å². The number of amides is 1. The molecule has 0 aliphatic carbocycles. The van der Waals surface area contributed by atoms with Gasteiger partial charge in [-0.25, -0.2) is 4.68 Å². The molecule has 0 saturated carbocycles. The number of carbonyl (C=O) groups excluding carboxylic acids is 1. The Balaban J connectivity index is 1.69. The molecule has 6 heteroatoms. The largest absolute Gasteiger partial charge is 0.348 e. The van der Waals surface area contributed by atoms with Gasteiger partial charge in [0.05, 0.1) is 21.7 Å². The molecule has 0 atom stereocenters. The third kappa shape index (κ3) is 3.72. The van der Waals surface area contributed by atoms with E-state index >= 15 is 0 Å². The predicted octanol–water partition coefficient (Wildman–Crippen LogP) is 4.49. The normalized spacial score (nSPS) is 10.9. The number of hydrogen-bond acceptors (Lipinski definition) is 3. The Morgan fingerprint density at radius 1 is 1.03 bits per heavy atom. The van der Waals surface area contributed by atoms with E-state index in [2.05, 4.69) is 10.4 Å². The fourth-order valence-corrected chi connectivity index (χ4v) is 3.66. The van der Waals surface area contributed by atoms with Gasteiger partial charge in [-0.2, -0.15) is 5.10 Å². The van der Waals surface area contributed by atoms with Crippen LogP contribution < -0.4 is 10.9 Å². The fraction of sp³-hybridized carbons (Fsp3) is 0.125. The Labute approximate surface area is 178 Å². The molecule has 0 aliphatic heterocycles. The van der Waals surface area contributed by atoms with Crippen molar-refractivity contribution in [3.63, 3.8) is 0 Å². The number of nitrogens with one attached hydrogen (secondary N) is 1. The van der Waals surface area contributed by atoms with E-state index in [0.29, 0.717) is 22.5 Å². The standard InChI is InChI=1S/C24H20ClN3O2/c1-15-11-12-16(22-18-7-3-4-8-19(18)24(30)28(2)27-22)13-17(15)14-26-23(29)20-9-5-6-10-21(20)25/h3-13H,14H2,1-2H3,(H,26,29). The quantitative estimate of drug-likeness (QED) is 0.532. The van der Waals surface area contributed by atoms with Gasteiger partial charge in [-0.3, -0.25) is 9.59 Å². The minimum absolute atomic E-state index is 0.131. The van der Waals surface area contributed by atoms with Crippen molar-refractivity contribution in [1.82, 2.24) is 15.1 Å². The van der Waals surface area contributed by atoms with Crippen LogP contribution in [0.4, 0.5) is 0 Å². The first kappa shape index (κ1) is 19.9. The number of rotatable bonds is 4. The average molecular weight is 418 g/mol. The molecule has 4 rings (SSSR count). The molecule has 4 aromatic rings. The van der Waals surface area contributed by atoms with Gasteiger partial charge in [0.25, 0.3) is 11.5 Å². The van der Waals surface area contributed by atoms with E-state index in [1.165, 1.54) is 4.68 Å². The molecular formula is C24H20ClN3O2. The SMILES string of the molecule is Cc1ccc(-c2nn(C)c(=O)c3ccccc23)cc1CNC(=O)c1ccccc1Cl. The van der Waals surface area contributed by atoms with Crippen LogP contribution in [0.1, 0.15) is 21.5 Å². The van der Waals surface area contributed by atoms with E-state index < -0.39 is 0 Å². The molecule has 5 nitrogen and oxygen atoms in total. The molecule has 0 unspecified atom stereocenters. The summed E-state index contributed by atoms with van der Waals surface area (Å²) in [6, 6.07) is 20.4. The minimum atomic E-state index is -0.226. The summed E-state index contributed by atoms with van der Waals surface area (Å²) in [5.74, 6) is -0.226. The molecule has 0 radical (unpaired) electrons. The highest BCUT2D eigenvalue weighted by atomic mass is 35.5. The number of aryl methyl sites for hydroxylation is 2. The van der Waals surface area contributed by atoms with Gasteiger partial charge in [0.2, 0.25) is 0 Å². The predicted molar refractivity (Wildman–Crippen MR) is 120 cm³/mol. The number of carbonyl (C=O) groups is 1. The number of hydrogen-bond donors (Lipinski definition) is 1. The van der Waals surface area contributed by atoms with Crippen molar-refractivity contribution >= 4 is 28.3 Å². The molecular weight excluding hydrogens is 398 g/mol. The maximum absolute atomic E-state index is 12.5. The monoisotopic (exact) mass is 417 g/mol. The molecule has 1 N–H and O–H groups in total. The summed E-state index contributed by atoms with van der Waals surface area (Å²) in [4.78, 5) is 24.9. The number of nitrogens with zero attached hydrogens (tertiary/aromatic N) is 2. The highest BCUT2D eigenvalue weighted by Crippen LogP contribution is 2.26. The Bertz CT molecular complexity index is 1330. The van der Waals surface area contributed by atoms with Crippen LogP contribution in [0.3, 0.4) is 0 Å².